The fourth-order valence-corrected chi connectivity index (χ4v) is 4.74. The summed E-state index contributed by atoms with van der Waals surface area (Å²) in [6.07, 6.45) is 0.534. The molecule has 2 atom stereocenters. The zero-order valence-electron chi connectivity index (χ0n) is 17.9. The van der Waals surface area contributed by atoms with E-state index in [1.165, 1.54) is 5.56 Å². The number of carbonyl (C=O) groups excluding carboxylic acids is 2. The maximum absolute atomic E-state index is 12.6. The van der Waals surface area contributed by atoms with Gasteiger partial charge in [-0.1, -0.05) is 29.8 Å². The number of carbonyl (C=O) groups is 2. The van der Waals surface area contributed by atoms with Crippen LogP contribution in [0.4, 0.5) is 5.69 Å². The van der Waals surface area contributed by atoms with E-state index >= 15 is 0 Å². The first-order valence-corrected chi connectivity index (χ1v) is 11.1. The van der Waals surface area contributed by atoms with Crippen LogP contribution < -0.4 is 20.7 Å². The van der Waals surface area contributed by atoms with E-state index in [-0.39, 0.29) is 36.2 Å². The smallest absolute Gasteiger partial charge is 0.225 e. The van der Waals surface area contributed by atoms with Crippen molar-refractivity contribution in [1.29, 1.82) is 0 Å². The fourth-order valence-electron chi connectivity index (χ4n) is 3.70. The number of hydrogen-bond donors (Lipinski definition) is 3. The number of anilines is 1. The molecule has 0 bridgehead atoms. The van der Waals surface area contributed by atoms with Gasteiger partial charge in [0.25, 0.3) is 0 Å². The lowest BCUT2D eigenvalue weighted by Crippen LogP contribution is -2.55. The third-order valence-corrected chi connectivity index (χ3v) is 6.12. The third-order valence-electron chi connectivity index (χ3n) is 5.04. The van der Waals surface area contributed by atoms with Crippen LogP contribution in [0, 0.1) is 20.8 Å². The highest BCUT2D eigenvalue weighted by Crippen LogP contribution is 2.24. The van der Waals surface area contributed by atoms with Gasteiger partial charge in [0, 0.05) is 30.3 Å². The average Bonchev–Trinajstić information content (AvgIpc) is 2.69. The van der Waals surface area contributed by atoms with Crippen molar-refractivity contribution in [3.05, 3.63) is 58.7 Å². The number of amides is 2. The number of ether oxygens (including phenoxy) is 1. The van der Waals surface area contributed by atoms with E-state index in [2.05, 4.69) is 28.1 Å². The van der Waals surface area contributed by atoms with Gasteiger partial charge in [-0.3, -0.25) is 14.9 Å². The zero-order valence-corrected chi connectivity index (χ0v) is 18.7. The molecule has 1 heterocycles. The molecule has 30 heavy (non-hydrogen) atoms. The topological polar surface area (TPSA) is 79.5 Å². The molecule has 2 unspecified atom stereocenters. The molecular formula is C23H29N3O3S. The molecule has 1 fully saturated rings. The highest BCUT2D eigenvalue weighted by atomic mass is 32.2. The van der Waals surface area contributed by atoms with E-state index in [9.17, 15) is 9.59 Å². The standard InChI is InChI=1S/C23H29N3O3S/c1-14-8-15(2)22(16(3)9-14)25-20(27)11-18-12-21(28)26-23(24-18)30-13-17-6-5-7-19(10-17)29-4/h5-10,18,23-24H,11-13H2,1-4H3,(H,25,27)(H,26,28). The van der Waals surface area contributed by atoms with Gasteiger partial charge in [0.15, 0.2) is 0 Å². The quantitative estimate of drug-likeness (QED) is 0.629. The second-order valence-corrected chi connectivity index (χ2v) is 8.80. The molecule has 1 aliphatic heterocycles. The van der Waals surface area contributed by atoms with Gasteiger partial charge in [0.05, 0.1) is 7.11 Å². The lowest BCUT2D eigenvalue weighted by molar-refractivity contribution is -0.124. The van der Waals surface area contributed by atoms with Crippen LogP contribution in [-0.4, -0.2) is 30.5 Å². The molecule has 0 saturated carbocycles. The monoisotopic (exact) mass is 427 g/mol. The molecular weight excluding hydrogens is 398 g/mol. The predicted octanol–water partition coefficient (Wildman–Crippen LogP) is 3.64. The number of nitrogens with one attached hydrogen (secondary N) is 3. The van der Waals surface area contributed by atoms with Crippen LogP contribution in [0.25, 0.3) is 0 Å². The van der Waals surface area contributed by atoms with Crippen molar-refractivity contribution in [2.75, 3.05) is 12.4 Å². The highest BCUT2D eigenvalue weighted by molar-refractivity contribution is 7.99. The Morgan fingerprint density at radius 2 is 1.93 bits per heavy atom. The molecule has 1 saturated heterocycles. The number of methoxy groups -OCH3 is 1. The minimum Gasteiger partial charge on any atom is -0.497 e. The van der Waals surface area contributed by atoms with Crippen molar-refractivity contribution in [2.24, 2.45) is 0 Å². The molecule has 0 aliphatic carbocycles. The highest BCUT2D eigenvalue weighted by Gasteiger charge is 2.27. The van der Waals surface area contributed by atoms with Crippen molar-refractivity contribution in [3.63, 3.8) is 0 Å². The van der Waals surface area contributed by atoms with E-state index in [0.717, 1.165) is 33.9 Å². The minimum atomic E-state index is -0.238. The Balaban J connectivity index is 1.56. The molecule has 0 spiro atoms. The zero-order chi connectivity index (χ0) is 21.7. The Kier molecular flexibility index (Phi) is 7.39. The summed E-state index contributed by atoms with van der Waals surface area (Å²) in [5, 5.41) is 9.34. The van der Waals surface area contributed by atoms with Crippen molar-refractivity contribution in [3.8, 4) is 5.75 Å². The average molecular weight is 428 g/mol. The molecule has 0 radical (unpaired) electrons. The predicted molar refractivity (Wildman–Crippen MR) is 122 cm³/mol. The number of aryl methyl sites for hydroxylation is 3. The summed E-state index contributed by atoms with van der Waals surface area (Å²) in [6, 6.07) is 11.8. The van der Waals surface area contributed by atoms with Gasteiger partial charge < -0.3 is 15.4 Å². The molecule has 3 N–H and O–H groups in total. The number of benzene rings is 2. The molecule has 2 amide bonds. The maximum atomic E-state index is 12.6. The van der Waals surface area contributed by atoms with E-state index < -0.39 is 0 Å². The lowest BCUT2D eigenvalue weighted by Gasteiger charge is -2.31. The van der Waals surface area contributed by atoms with E-state index in [1.807, 2.05) is 45.0 Å². The minimum absolute atomic E-state index is 0.0441. The summed E-state index contributed by atoms with van der Waals surface area (Å²) in [4.78, 5) is 24.8. The second kappa shape index (κ2) is 10.00. The van der Waals surface area contributed by atoms with Crippen LogP contribution in [0.5, 0.6) is 5.75 Å². The van der Waals surface area contributed by atoms with Crippen LogP contribution in [0.15, 0.2) is 36.4 Å². The Bertz CT molecular complexity index is 909. The molecule has 160 valence electrons. The third kappa shape index (κ3) is 6.00. The summed E-state index contributed by atoms with van der Waals surface area (Å²) in [5.41, 5.74) is 4.99. The molecule has 1 aliphatic rings. The van der Waals surface area contributed by atoms with Gasteiger partial charge in [-0.2, -0.15) is 0 Å². The first-order valence-electron chi connectivity index (χ1n) is 10.0. The Hall–Kier alpha value is -2.51. The van der Waals surface area contributed by atoms with Crippen molar-refractivity contribution in [2.45, 2.75) is 50.9 Å². The number of hydrogen-bond acceptors (Lipinski definition) is 5. The summed E-state index contributed by atoms with van der Waals surface area (Å²) in [7, 11) is 1.64. The van der Waals surface area contributed by atoms with Gasteiger partial charge in [0.2, 0.25) is 11.8 Å². The Morgan fingerprint density at radius 1 is 1.20 bits per heavy atom. The normalized spacial score (nSPS) is 18.6. The SMILES string of the molecule is COc1cccc(CSC2NC(=O)CC(CC(=O)Nc3c(C)cc(C)cc3C)N2)c1. The summed E-state index contributed by atoms with van der Waals surface area (Å²) >= 11 is 1.58. The van der Waals surface area contributed by atoms with Crippen LogP contribution in [0.2, 0.25) is 0 Å². The largest absolute Gasteiger partial charge is 0.497 e. The van der Waals surface area contributed by atoms with E-state index in [4.69, 9.17) is 4.74 Å². The van der Waals surface area contributed by atoms with Crippen molar-refractivity contribution < 1.29 is 14.3 Å². The van der Waals surface area contributed by atoms with Crippen molar-refractivity contribution in [1.82, 2.24) is 10.6 Å². The molecule has 6 nitrogen and oxygen atoms in total. The molecule has 0 aromatic heterocycles. The van der Waals surface area contributed by atoms with E-state index in [1.54, 1.807) is 18.9 Å². The van der Waals surface area contributed by atoms with Gasteiger partial charge >= 0.3 is 0 Å². The van der Waals surface area contributed by atoms with Gasteiger partial charge in [-0.25, -0.2) is 0 Å². The molecule has 2 aromatic carbocycles. The van der Waals surface area contributed by atoms with E-state index in [0.29, 0.717) is 0 Å². The molecule has 3 rings (SSSR count). The summed E-state index contributed by atoms with van der Waals surface area (Å²) < 4.78 is 5.26. The molecule has 7 heteroatoms. The van der Waals surface area contributed by atoms with Gasteiger partial charge in [-0.05, 0) is 49.6 Å². The first-order chi connectivity index (χ1) is 14.3. The van der Waals surface area contributed by atoms with Crippen LogP contribution in [0.3, 0.4) is 0 Å². The fraction of sp³-hybridized carbons (Fsp3) is 0.391. The van der Waals surface area contributed by atoms with Crippen LogP contribution >= 0.6 is 11.8 Å². The summed E-state index contributed by atoms with van der Waals surface area (Å²) in [6.45, 7) is 6.03. The van der Waals surface area contributed by atoms with Crippen molar-refractivity contribution >= 4 is 29.3 Å². The lowest BCUT2D eigenvalue weighted by atomic mass is 10.0. The van der Waals surface area contributed by atoms with Gasteiger partial charge in [-0.15, -0.1) is 11.8 Å². The summed E-state index contributed by atoms with van der Waals surface area (Å²) in [5.74, 6) is 1.40. The number of rotatable bonds is 7. The Morgan fingerprint density at radius 3 is 2.63 bits per heavy atom. The molecule has 2 aromatic rings. The maximum Gasteiger partial charge on any atom is 0.225 e. The number of thioether (sulfide) groups is 1. The second-order valence-electron chi connectivity index (χ2n) is 7.70. The first kappa shape index (κ1) is 22.2. The van der Waals surface area contributed by atoms with Gasteiger partial charge in [0.1, 0.15) is 11.2 Å². The van der Waals surface area contributed by atoms with Crippen LogP contribution in [0.1, 0.15) is 35.1 Å². The Labute approximate surface area is 182 Å². The van der Waals surface area contributed by atoms with Crippen LogP contribution in [-0.2, 0) is 15.3 Å².